The maximum absolute atomic E-state index is 10.6. The first kappa shape index (κ1) is 11.7. The van der Waals surface area contributed by atoms with Crippen molar-refractivity contribution in [1.82, 2.24) is 0 Å². The highest BCUT2D eigenvalue weighted by atomic mass is 28.3. The normalized spacial score (nSPS) is 11.3. The molecule has 0 aromatic heterocycles. The molecule has 3 heteroatoms. The van der Waals surface area contributed by atoms with Gasteiger partial charge in [0.15, 0.2) is 0 Å². The molecular weight excluding hydrogens is 168 g/mol. The van der Waals surface area contributed by atoms with E-state index in [1.165, 1.54) is 25.1 Å². The van der Waals surface area contributed by atoms with Crippen molar-refractivity contribution in [3.63, 3.8) is 0 Å². The fourth-order valence-electron chi connectivity index (χ4n) is 1.31. The third kappa shape index (κ3) is 3.39. The van der Waals surface area contributed by atoms with Crippen molar-refractivity contribution in [3.05, 3.63) is 0 Å². The Morgan fingerprint density at radius 3 is 1.83 bits per heavy atom. The fourth-order valence-corrected chi connectivity index (χ4v) is 3.93. The molecule has 12 heavy (non-hydrogen) atoms. The summed E-state index contributed by atoms with van der Waals surface area (Å²) in [6.07, 6.45) is 0.714. The molecule has 0 bridgehead atoms. The topological polar surface area (TPSA) is 26.3 Å². The van der Waals surface area contributed by atoms with Crippen molar-refractivity contribution in [3.8, 4) is 0 Å². The van der Waals surface area contributed by atoms with Crippen molar-refractivity contribution in [2.75, 3.05) is 6.23 Å². The van der Waals surface area contributed by atoms with Gasteiger partial charge in [-0.15, -0.1) is 0 Å². The van der Waals surface area contributed by atoms with Crippen molar-refractivity contribution >= 4 is 14.0 Å². The quantitative estimate of drug-likeness (QED) is 0.489. The summed E-state index contributed by atoms with van der Waals surface area (Å²) in [5.41, 5.74) is 0. The van der Waals surface area contributed by atoms with Crippen LogP contribution in [0.25, 0.3) is 0 Å². The van der Waals surface area contributed by atoms with E-state index in [-0.39, 0.29) is 5.97 Å². The fraction of sp³-hybridized carbons (Fsp3) is 0.889. The summed E-state index contributed by atoms with van der Waals surface area (Å²) >= 11 is 0. The van der Waals surface area contributed by atoms with E-state index < -0.39 is 8.07 Å². The summed E-state index contributed by atoms with van der Waals surface area (Å²) < 4.78 is 5.10. The molecule has 72 valence electrons. The van der Waals surface area contributed by atoms with E-state index in [1.807, 2.05) is 0 Å². The van der Waals surface area contributed by atoms with Gasteiger partial charge in [0.2, 0.25) is 0 Å². The Kier molecular flexibility index (Phi) is 5.21. The van der Waals surface area contributed by atoms with Crippen LogP contribution in [0.3, 0.4) is 0 Å². The molecule has 0 heterocycles. The first-order valence-corrected chi connectivity index (χ1v) is 7.56. The van der Waals surface area contributed by atoms with Crippen LogP contribution in [0.1, 0.15) is 27.7 Å². The minimum absolute atomic E-state index is 0.137. The Morgan fingerprint density at radius 1 is 1.17 bits per heavy atom. The van der Waals surface area contributed by atoms with E-state index in [2.05, 4.69) is 20.8 Å². The summed E-state index contributed by atoms with van der Waals surface area (Å²) in [4.78, 5) is 10.6. The second-order valence-electron chi connectivity index (χ2n) is 3.34. The van der Waals surface area contributed by atoms with Crippen LogP contribution in [-0.4, -0.2) is 20.3 Å². The number of esters is 1. The Balaban J connectivity index is 4.01. The maximum atomic E-state index is 10.6. The van der Waals surface area contributed by atoms with E-state index in [4.69, 9.17) is 4.74 Å². The molecule has 0 N–H and O–H groups in total. The molecule has 0 radical (unpaired) electrons. The van der Waals surface area contributed by atoms with Crippen molar-refractivity contribution < 1.29 is 9.53 Å². The predicted octanol–water partition coefficient (Wildman–Crippen LogP) is 2.60. The van der Waals surface area contributed by atoms with Gasteiger partial charge in [-0.25, -0.2) is 0 Å². The molecular formula is C9H20O2Si. The lowest BCUT2D eigenvalue weighted by atomic mass is 10.8. The molecule has 0 spiro atoms. The van der Waals surface area contributed by atoms with Crippen LogP contribution in [0.4, 0.5) is 0 Å². The summed E-state index contributed by atoms with van der Waals surface area (Å²) in [6.45, 7) is 8.12. The Morgan fingerprint density at radius 2 is 1.58 bits per heavy atom. The summed E-state index contributed by atoms with van der Waals surface area (Å²) in [5, 5.41) is 0. The highest BCUT2D eigenvalue weighted by molar-refractivity contribution is 6.79. The number of hydrogen-bond donors (Lipinski definition) is 0. The highest BCUT2D eigenvalue weighted by Gasteiger charge is 2.28. The highest BCUT2D eigenvalue weighted by Crippen LogP contribution is 2.20. The van der Waals surface area contributed by atoms with Gasteiger partial charge in [-0.05, 0) is 0 Å². The van der Waals surface area contributed by atoms with Crippen LogP contribution in [0.5, 0.6) is 0 Å². The van der Waals surface area contributed by atoms with E-state index in [0.717, 1.165) is 0 Å². The first-order valence-electron chi connectivity index (χ1n) is 4.73. The number of hydrogen-bond acceptors (Lipinski definition) is 2. The monoisotopic (exact) mass is 188 g/mol. The number of carbonyl (C=O) groups is 1. The standard InChI is InChI=1S/C9H20O2Si/c1-5-12(6-2,7-3)8-11-9(4)10/h5-8H2,1-4H3. The van der Waals surface area contributed by atoms with Gasteiger partial charge in [-0.1, -0.05) is 38.9 Å². The van der Waals surface area contributed by atoms with Gasteiger partial charge in [0.05, 0.1) is 14.3 Å². The Hall–Kier alpha value is -0.313. The van der Waals surface area contributed by atoms with Gasteiger partial charge in [-0.3, -0.25) is 4.79 Å². The van der Waals surface area contributed by atoms with Crippen LogP contribution in [0.2, 0.25) is 18.1 Å². The Labute approximate surface area is 76.3 Å². The summed E-state index contributed by atoms with van der Waals surface area (Å²) in [5.74, 6) is -0.137. The molecule has 0 unspecified atom stereocenters. The number of carbonyl (C=O) groups excluding carboxylic acids is 1. The molecule has 0 aromatic carbocycles. The lowest BCUT2D eigenvalue weighted by molar-refractivity contribution is -0.139. The zero-order valence-electron chi connectivity index (χ0n) is 8.64. The van der Waals surface area contributed by atoms with Gasteiger partial charge >= 0.3 is 5.97 Å². The molecule has 0 saturated heterocycles. The molecule has 0 rings (SSSR count). The lowest BCUT2D eigenvalue weighted by Gasteiger charge is -2.26. The maximum Gasteiger partial charge on any atom is 0.302 e. The van der Waals surface area contributed by atoms with Crippen molar-refractivity contribution in [2.24, 2.45) is 0 Å². The largest absolute Gasteiger partial charge is 0.470 e. The third-order valence-corrected chi connectivity index (χ3v) is 8.09. The minimum atomic E-state index is -1.22. The predicted molar refractivity (Wildman–Crippen MR) is 53.8 cm³/mol. The van der Waals surface area contributed by atoms with Crippen LogP contribution in [0.15, 0.2) is 0 Å². The van der Waals surface area contributed by atoms with Gasteiger partial charge < -0.3 is 4.74 Å². The van der Waals surface area contributed by atoms with Crippen LogP contribution < -0.4 is 0 Å². The van der Waals surface area contributed by atoms with Gasteiger partial charge in [0, 0.05) is 6.92 Å². The van der Waals surface area contributed by atoms with E-state index in [1.54, 1.807) is 0 Å². The second-order valence-corrected chi connectivity index (χ2v) is 8.75. The summed E-state index contributed by atoms with van der Waals surface area (Å²) in [7, 11) is -1.22. The average molecular weight is 188 g/mol. The number of rotatable bonds is 5. The molecule has 0 aliphatic carbocycles. The van der Waals surface area contributed by atoms with Gasteiger partial charge in [0.1, 0.15) is 0 Å². The van der Waals surface area contributed by atoms with Crippen LogP contribution >= 0.6 is 0 Å². The van der Waals surface area contributed by atoms with Crippen molar-refractivity contribution in [2.45, 2.75) is 45.8 Å². The molecule has 0 aliphatic heterocycles. The Bertz CT molecular complexity index is 133. The van der Waals surface area contributed by atoms with Crippen LogP contribution in [-0.2, 0) is 9.53 Å². The van der Waals surface area contributed by atoms with E-state index in [9.17, 15) is 4.79 Å². The molecule has 0 fully saturated rings. The summed E-state index contributed by atoms with van der Waals surface area (Å²) in [6, 6.07) is 3.65. The SMILES string of the molecule is CC[Si](CC)(CC)COC(C)=O. The van der Waals surface area contributed by atoms with E-state index in [0.29, 0.717) is 6.23 Å². The molecule has 0 atom stereocenters. The molecule has 0 amide bonds. The lowest BCUT2D eigenvalue weighted by Crippen LogP contribution is -2.38. The van der Waals surface area contributed by atoms with E-state index >= 15 is 0 Å². The molecule has 0 aliphatic rings. The zero-order valence-corrected chi connectivity index (χ0v) is 9.64. The van der Waals surface area contributed by atoms with Gasteiger partial charge in [0.25, 0.3) is 0 Å². The number of ether oxygens (including phenoxy) is 1. The smallest absolute Gasteiger partial charge is 0.302 e. The third-order valence-electron chi connectivity index (χ3n) is 2.83. The van der Waals surface area contributed by atoms with Crippen LogP contribution in [0, 0.1) is 0 Å². The molecule has 0 saturated carbocycles. The molecule has 2 nitrogen and oxygen atoms in total. The minimum Gasteiger partial charge on any atom is -0.470 e. The first-order chi connectivity index (χ1) is 5.60. The van der Waals surface area contributed by atoms with Crippen molar-refractivity contribution in [1.29, 1.82) is 0 Å². The second kappa shape index (κ2) is 5.35. The molecule has 0 aromatic rings. The zero-order chi connectivity index (χ0) is 9.61. The van der Waals surface area contributed by atoms with Gasteiger partial charge in [-0.2, -0.15) is 0 Å². The average Bonchev–Trinajstić information content (AvgIpc) is 2.08.